The number of nitrogens with zero attached hydrogens (tertiary/aromatic N) is 1. The number of aliphatic hydroxyl groups excluding tert-OH is 2. The minimum Gasteiger partial charge on any atom is -0.391 e. The van der Waals surface area contributed by atoms with Gasteiger partial charge in [-0.15, -0.1) is 0 Å². The van der Waals surface area contributed by atoms with Gasteiger partial charge in [0, 0.05) is 0 Å². The van der Waals surface area contributed by atoms with Crippen LogP contribution in [0.4, 0.5) is 4.39 Å². The van der Waals surface area contributed by atoms with Gasteiger partial charge in [0.15, 0.2) is 5.72 Å². The number of aromatic nitrogens is 2. The fourth-order valence-electron chi connectivity index (χ4n) is 1.83. The van der Waals surface area contributed by atoms with E-state index in [4.69, 9.17) is 4.74 Å². The molecule has 1 saturated heterocycles. The van der Waals surface area contributed by atoms with E-state index >= 15 is 0 Å². The third kappa shape index (κ3) is 1.83. The van der Waals surface area contributed by atoms with E-state index in [1.165, 1.54) is 0 Å². The number of aliphatic hydroxyl groups is 2. The van der Waals surface area contributed by atoms with Crippen LogP contribution < -0.4 is 11.2 Å². The molecule has 0 bridgehead atoms. The molecule has 1 aromatic rings. The summed E-state index contributed by atoms with van der Waals surface area (Å²) in [6.07, 6.45) is -0.331. The summed E-state index contributed by atoms with van der Waals surface area (Å²) in [6, 6.07) is 0. The fraction of sp³-hybridized carbons (Fsp3) is 0.556. The highest BCUT2D eigenvalue weighted by atomic mass is 79.9. The molecule has 0 unspecified atom stereocenters. The van der Waals surface area contributed by atoms with Crippen LogP contribution in [-0.2, 0) is 10.5 Å². The molecule has 1 fully saturated rings. The Morgan fingerprint density at radius 2 is 2.33 bits per heavy atom. The van der Waals surface area contributed by atoms with Gasteiger partial charge in [0.05, 0.1) is 30.3 Å². The van der Waals surface area contributed by atoms with Crippen LogP contribution in [-0.4, -0.2) is 43.9 Å². The second-order valence-electron chi connectivity index (χ2n) is 3.89. The molecule has 9 heteroatoms. The summed E-state index contributed by atoms with van der Waals surface area (Å²) in [7, 11) is 0. The largest absolute Gasteiger partial charge is 0.391 e. The van der Waals surface area contributed by atoms with Gasteiger partial charge >= 0.3 is 5.69 Å². The van der Waals surface area contributed by atoms with Gasteiger partial charge in [-0.2, -0.15) is 4.39 Å². The molecular formula is C9H10BrFN2O5. The molecule has 2 heterocycles. The van der Waals surface area contributed by atoms with E-state index in [0.29, 0.717) is 6.20 Å². The van der Waals surface area contributed by atoms with Crippen LogP contribution in [0, 0.1) is 5.82 Å². The number of ether oxygens (including phenoxy) is 1. The van der Waals surface area contributed by atoms with E-state index < -0.39 is 40.3 Å². The summed E-state index contributed by atoms with van der Waals surface area (Å²) in [6.45, 7) is -0.810. The molecule has 0 amide bonds. The number of H-pyrrole nitrogens is 1. The maximum Gasteiger partial charge on any atom is 0.330 e. The smallest absolute Gasteiger partial charge is 0.330 e. The molecule has 3 atom stereocenters. The lowest BCUT2D eigenvalue weighted by atomic mass is 10.1. The van der Waals surface area contributed by atoms with Gasteiger partial charge in [-0.3, -0.25) is 14.3 Å². The van der Waals surface area contributed by atoms with Crippen LogP contribution in [0.15, 0.2) is 15.8 Å². The highest BCUT2D eigenvalue weighted by Crippen LogP contribution is 2.35. The van der Waals surface area contributed by atoms with Gasteiger partial charge in [-0.1, -0.05) is 15.9 Å². The van der Waals surface area contributed by atoms with Crippen LogP contribution in [0.2, 0.25) is 0 Å². The van der Waals surface area contributed by atoms with Gasteiger partial charge in [-0.25, -0.2) is 4.79 Å². The Hall–Kier alpha value is -1.03. The number of halogens is 2. The Labute approximate surface area is 108 Å². The lowest BCUT2D eigenvalue weighted by Crippen LogP contribution is -2.52. The van der Waals surface area contributed by atoms with Crippen molar-refractivity contribution in [3.63, 3.8) is 0 Å². The highest BCUT2D eigenvalue weighted by molar-refractivity contribution is 9.09. The quantitative estimate of drug-likeness (QED) is 0.573. The normalized spacial score (nSPS) is 31.8. The first kappa shape index (κ1) is 13.4. The number of hydrogen-bond donors (Lipinski definition) is 3. The minimum absolute atomic E-state index is 0.135. The van der Waals surface area contributed by atoms with Crippen molar-refractivity contribution in [1.29, 1.82) is 0 Å². The fourth-order valence-corrected chi connectivity index (χ4v) is 2.48. The summed E-state index contributed by atoms with van der Waals surface area (Å²) in [4.78, 5) is 23.5. The van der Waals surface area contributed by atoms with Crippen LogP contribution in [0.3, 0.4) is 0 Å². The lowest BCUT2D eigenvalue weighted by molar-refractivity contribution is -0.0990. The summed E-state index contributed by atoms with van der Waals surface area (Å²) in [5, 5.41) is 19.0. The van der Waals surface area contributed by atoms with Crippen molar-refractivity contribution in [2.75, 3.05) is 13.2 Å². The second-order valence-corrected chi connectivity index (χ2v) is 4.88. The van der Waals surface area contributed by atoms with E-state index in [1.54, 1.807) is 4.98 Å². The molecule has 7 nitrogen and oxygen atoms in total. The van der Waals surface area contributed by atoms with Gasteiger partial charge in [0.25, 0.3) is 5.56 Å². The third-order valence-corrected chi connectivity index (χ3v) is 4.13. The average molecular weight is 325 g/mol. The molecule has 0 saturated carbocycles. The van der Waals surface area contributed by atoms with Crippen LogP contribution >= 0.6 is 15.9 Å². The molecule has 0 aromatic carbocycles. The van der Waals surface area contributed by atoms with E-state index in [-0.39, 0.29) is 6.61 Å². The molecule has 0 aliphatic carbocycles. The van der Waals surface area contributed by atoms with Crippen molar-refractivity contribution in [2.45, 2.75) is 16.7 Å². The Kier molecular flexibility index (Phi) is 3.41. The third-order valence-electron chi connectivity index (χ3n) is 2.81. The molecule has 100 valence electrons. The van der Waals surface area contributed by atoms with Gasteiger partial charge in [0.2, 0.25) is 5.82 Å². The van der Waals surface area contributed by atoms with Crippen molar-refractivity contribution in [3.8, 4) is 0 Å². The molecule has 1 aromatic heterocycles. The average Bonchev–Trinajstić information content (AvgIpc) is 2.62. The summed E-state index contributed by atoms with van der Waals surface area (Å²) in [5.41, 5.74) is -3.75. The first-order valence-electron chi connectivity index (χ1n) is 5.01. The molecular weight excluding hydrogens is 315 g/mol. The Bertz CT molecular complexity index is 573. The van der Waals surface area contributed by atoms with Crippen molar-refractivity contribution in [3.05, 3.63) is 32.9 Å². The monoisotopic (exact) mass is 324 g/mol. The number of alkyl halides is 1. The van der Waals surface area contributed by atoms with E-state index in [2.05, 4.69) is 15.9 Å². The summed E-state index contributed by atoms with van der Waals surface area (Å²) in [5.74, 6) is -1.19. The van der Waals surface area contributed by atoms with Gasteiger partial charge in [-0.05, 0) is 0 Å². The van der Waals surface area contributed by atoms with E-state index in [0.717, 1.165) is 4.57 Å². The number of aromatic amines is 1. The zero-order valence-electron chi connectivity index (χ0n) is 8.97. The molecule has 0 spiro atoms. The van der Waals surface area contributed by atoms with E-state index in [1.807, 2.05) is 0 Å². The molecule has 1 aliphatic rings. The molecule has 3 N–H and O–H groups in total. The summed E-state index contributed by atoms with van der Waals surface area (Å²) < 4.78 is 19.1. The Balaban J connectivity index is 2.63. The Morgan fingerprint density at radius 1 is 1.67 bits per heavy atom. The second kappa shape index (κ2) is 4.57. The first-order chi connectivity index (χ1) is 8.42. The van der Waals surface area contributed by atoms with Gasteiger partial charge in [0.1, 0.15) is 0 Å². The Morgan fingerprint density at radius 3 is 2.83 bits per heavy atom. The maximum absolute atomic E-state index is 13.2. The number of hydrogen-bond acceptors (Lipinski definition) is 5. The van der Waals surface area contributed by atoms with Gasteiger partial charge < -0.3 is 14.9 Å². The van der Waals surface area contributed by atoms with E-state index in [9.17, 15) is 24.2 Å². The van der Waals surface area contributed by atoms with Crippen LogP contribution in [0.25, 0.3) is 0 Å². The topological polar surface area (TPSA) is 105 Å². The number of rotatable bonds is 2. The lowest BCUT2D eigenvalue weighted by Gasteiger charge is -2.31. The van der Waals surface area contributed by atoms with Crippen molar-refractivity contribution in [2.24, 2.45) is 0 Å². The maximum atomic E-state index is 13.2. The minimum atomic E-state index is -1.65. The molecule has 0 radical (unpaired) electrons. The highest BCUT2D eigenvalue weighted by Gasteiger charge is 2.50. The standard InChI is InChI=1S/C9H10BrFN2O5/c10-6-5(15)2-18-9(6,3-14)13-1-4(11)7(16)12-8(13)17/h1,5-6,14-15H,2-3H2,(H,12,16,17)/t5-,6+,9-/m0/s1. The first-order valence-corrected chi connectivity index (χ1v) is 5.93. The molecule has 18 heavy (non-hydrogen) atoms. The predicted molar refractivity (Wildman–Crippen MR) is 61.0 cm³/mol. The number of nitrogens with one attached hydrogen (secondary N) is 1. The SMILES string of the molecule is O=c1[nH]c(=O)n([C@@]2(CO)OC[C@H](O)[C@H]2Br)cc1F. The summed E-state index contributed by atoms with van der Waals surface area (Å²) >= 11 is 3.09. The molecule has 2 rings (SSSR count). The predicted octanol–water partition coefficient (Wildman–Crippen LogP) is -1.52. The van der Waals surface area contributed by atoms with Crippen LogP contribution in [0.1, 0.15) is 0 Å². The molecule has 1 aliphatic heterocycles. The van der Waals surface area contributed by atoms with Crippen molar-refractivity contribution < 1.29 is 19.3 Å². The van der Waals surface area contributed by atoms with Crippen molar-refractivity contribution >= 4 is 15.9 Å². The zero-order valence-corrected chi connectivity index (χ0v) is 10.6. The van der Waals surface area contributed by atoms with Crippen LogP contribution in [0.5, 0.6) is 0 Å². The van der Waals surface area contributed by atoms with Crippen molar-refractivity contribution in [1.82, 2.24) is 9.55 Å². The zero-order chi connectivity index (χ0) is 13.5.